The van der Waals surface area contributed by atoms with Crippen LogP contribution in [0.3, 0.4) is 0 Å². The highest BCUT2D eigenvalue weighted by Crippen LogP contribution is 2.21. The highest BCUT2D eigenvalue weighted by molar-refractivity contribution is 7.89. The first-order valence-electron chi connectivity index (χ1n) is 7.68. The predicted octanol–water partition coefficient (Wildman–Crippen LogP) is 1.97. The molecule has 1 aromatic carbocycles. The lowest BCUT2D eigenvalue weighted by atomic mass is 10.2. The third-order valence-corrected chi connectivity index (χ3v) is 5.81. The molecule has 10 heteroatoms. The lowest BCUT2D eigenvalue weighted by Crippen LogP contribution is -2.23. The average molecular weight is 386 g/mol. The van der Waals surface area contributed by atoms with Crippen LogP contribution in [0.2, 0.25) is 0 Å². The van der Waals surface area contributed by atoms with Crippen molar-refractivity contribution in [3.8, 4) is 11.3 Å². The van der Waals surface area contributed by atoms with Crippen molar-refractivity contribution in [2.45, 2.75) is 11.4 Å². The molecule has 0 radical (unpaired) electrons. The minimum atomic E-state index is -3.70. The maximum absolute atomic E-state index is 12.6. The van der Waals surface area contributed by atoms with Gasteiger partial charge in [0.1, 0.15) is 15.9 Å². The number of benzene rings is 1. The van der Waals surface area contributed by atoms with Gasteiger partial charge in [0.15, 0.2) is 0 Å². The fraction of sp³-hybridized carbons (Fsp3) is 0.125. The van der Waals surface area contributed by atoms with Crippen molar-refractivity contribution in [2.75, 3.05) is 0 Å². The first-order chi connectivity index (χ1) is 12.5. The standard InChI is InChI=1S/C16H14N6O2S2/c1-22-10-12(9-18-22)13-6-5-11(7-17-13)8-19-26(23,24)15-4-2-3-14-16(15)21-25-20-14/h2-7,9-10,19H,8H2,1H3. The molecular formula is C16H14N6O2S2. The molecular weight excluding hydrogens is 372 g/mol. The molecule has 3 heterocycles. The number of aryl methyl sites for hydroxylation is 1. The van der Waals surface area contributed by atoms with Gasteiger partial charge in [-0.05, 0) is 23.8 Å². The minimum absolute atomic E-state index is 0.128. The molecule has 0 aliphatic carbocycles. The van der Waals surface area contributed by atoms with Crippen LogP contribution in [0.25, 0.3) is 22.3 Å². The summed E-state index contributed by atoms with van der Waals surface area (Å²) < 4.78 is 37.6. The summed E-state index contributed by atoms with van der Waals surface area (Å²) in [5, 5.41) is 4.11. The molecule has 0 amide bonds. The number of hydrogen-bond donors (Lipinski definition) is 1. The number of pyridine rings is 1. The van der Waals surface area contributed by atoms with Gasteiger partial charge in [-0.3, -0.25) is 9.67 Å². The zero-order valence-electron chi connectivity index (χ0n) is 13.7. The molecule has 0 saturated carbocycles. The highest BCUT2D eigenvalue weighted by atomic mass is 32.2. The lowest BCUT2D eigenvalue weighted by Gasteiger charge is -2.07. The number of sulfonamides is 1. The normalized spacial score (nSPS) is 11.9. The van der Waals surface area contributed by atoms with Crippen molar-refractivity contribution in [1.29, 1.82) is 0 Å². The Morgan fingerprint density at radius 3 is 2.77 bits per heavy atom. The quantitative estimate of drug-likeness (QED) is 0.562. The summed E-state index contributed by atoms with van der Waals surface area (Å²) in [6.45, 7) is 0.136. The van der Waals surface area contributed by atoms with E-state index in [-0.39, 0.29) is 11.4 Å². The summed E-state index contributed by atoms with van der Waals surface area (Å²) >= 11 is 0.990. The van der Waals surface area contributed by atoms with E-state index in [1.54, 1.807) is 29.2 Å². The molecule has 4 rings (SSSR count). The van der Waals surface area contributed by atoms with E-state index in [1.165, 1.54) is 6.07 Å². The molecule has 0 saturated heterocycles. The Morgan fingerprint density at radius 2 is 2.04 bits per heavy atom. The van der Waals surface area contributed by atoms with Crippen LogP contribution in [0.1, 0.15) is 5.56 Å². The van der Waals surface area contributed by atoms with Gasteiger partial charge in [0.05, 0.1) is 23.6 Å². The first-order valence-corrected chi connectivity index (χ1v) is 9.89. The Labute approximate surface area is 153 Å². The summed E-state index contributed by atoms with van der Waals surface area (Å²) in [7, 11) is -1.86. The molecule has 26 heavy (non-hydrogen) atoms. The van der Waals surface area contributed by atoms with Crippen molar-refractivity contribution in [3.05, 3.63) is 54.5 Å². The SMILES string of the molecule is Cn1cc(-c2ccc(CNS(=O)(=O)c3cccc4nsnc34)cn2)cn1. The second kappa shape index (κ2) is 6.56. The van der Waals surface area contributed by atoms with Crippen molar-refractivity contribution >= 4 is 32.8 Å². The van der Waals surface area contributed by atoms with Gasteiger partial charge in [0, 0.05) is 31.5 Å². The van der Waals surface area contributed by atoms with Crippen LogP contribution in [0.15, 0.2) is 53.8 Å². The average Bonchev–Trinajstić information content (AvgIpc) is 3.29. The van der Waals surface area contributed by atoms with Crippen molar-refractivity contribution in [2.24, 2.45) is 7.05 Å². The van der Waals surface area contributed by atoms with Crippen molar-refractivity contribution in [1.82, 2.24) is 28.2 Å². The van der Waals surface area contributed by atoms with Gasteiger partial charge < -0.3 is 0 Å². The van der Waals surface area contributed by atoms with Gasteiger partial charge in [-0.15, -0.1) is 0 Å². The van der Waals surface area contributed by atoms with Gasteiger partial charge in [0.2, 0.25) is 10.0 Å². The van der Waals surface area contributed by atoms with E-state index < -0.39 is 10.0 Å². The fourth-order valence-corrected chi connectivity index (χ4v) is 4.29. The fourth-order valence-electron chi connectivity index (χ4n) is 2.51. The molecule has 132 valence electrons. The monoisotopic (exact) mass is 386 g/mol. The summed E-state index contributed by atoms with van der Waals surface area (Å²) in [6, 6.07) is 8.59. The highest BCUT2D eigenvalue weighted by Gasteiger charge is 2.19. The molecule has 0 atom stereocenters. The summed E-state index contributed by atoms with van der Waals surface area (Å²) in [5.74, 6) is 0. The van der Waals surface area contributed by atoms with Crippen LogP contribution < -0.4 is 4.72 Å². The van der Waals surface area contributed by atoms with E-state index in [9.17, 15) is 8.42 Å². The zero-order chi connectivity index (χ0) is 18.1. The van der Waals surface area contributed by atoms with Gasteiger partial charge in [0.25, 0.3) is 0 Å². The molecule has 1 N–H and O–H groups in total. The molecule has 0 unspecified atom stereocenters. The largest absolute Gasteiger partial charge is 0.275 e. The molecule has 0 fully saturated rings. The number of rotatable bonds is 5. The Hall–Kier alpha value is -2.69. The Bertz CT molecular complexity index is 1160. The Balaban J connectivity index is 1.52. The summed E-state index contributed by atoms with van der Waals surface area (Å²) in [6.07, 6.45) is 5.25. The lowest BCUT2D eigenvalue weighted by molar-refractivity contribution is 0.582. The number of nitrogens with zero attached hydrogens (tertiary/aromatic N) is 5. The van der Waals surface area contributed by atoms with E-state index in [2.05, 4.69) is 23.6 Å². The maximum Gasteiger partial charge on any atom is 0.243 e. The topological polar surface area (TPSA) is 103 Å². The second-order valence-corrected chi connectivity index (χ2v) is 7.93. The van der Waals surface area contributed by atoms with Gasteiger partial charge in [-0.25, -0.2) is 13.1 Å². The van der Waals surface area contributed by atoms with Gasteiger partial charge >= 0.3 is 0 Å². The van der Waals surface area contributed by atoms with Gasteiger partial charge in [-0.2, -0.15) is 13.8 Å². The van der Waals surface area contributed by atoms with Crippen LogP contribution in [0, 0.1) is 0 Å². The van der Waals surface area contributed by atoms with Crippen molar-refractivity contribution in [3.63, 3.8) is 0 Å². The van der Waals surface area contributed by atoms with Crippen LogP contribution in [0.5, 0.6) is 0 Å². The van der Waals surface area contributed by atoms with Crippen LogP contribution >= 0.6 is 11.7 Å². The van der Waals surface area contributed by atoms with E-state index in [0.29, 0.717) is 11.0 Å². The minimum Gasteiger partial charge on any atom is -0.275 e. The molecule has 0 aliphatic rings. The van der Waals surface area contributed by atoms with Crippen LogP contribution in [-0.2, 0) is 23.6 Å². The number of fused-ring (bicyclic) bond motifs is 1. The van der Waals surface area contributed by atoms with E-state index >= 15 is 0 Å². The Morgan fingerprint density at radius 1 is 1.15 bits per heavy atom. The van der Waals surface area contributed by atoms with Crippen LogP contribution in [-0.4, -0.2) is 31.9 Å². The molecule has 0 aliphatic heterocycles. The third-order valence-electron chi connectivity index (χ3n) is 3.83. The predicted molar refractivity (Wildman–Crippen MR) is 97.9 cm³/mol. The molecule has 3 aromatic heterocycles. The molecule has 4 aromatic rings. The Kier molecular flexibility index (Phi) is 4.23. The number of nitrogens with one attached hydrogen (secondary N) is 1. The van der Waals surface area contributed by atoms with Crippen molar-refractivity contribution < 1.29 is 8.42 Å². The number of aromatic nitrogens is 5. The third kappa shape index (κ3) is 3.21. The summed E-state index contributed by atoms with van der Waals surface area (Å²) in [5.41, 5.74) is 3.39. The maximum atomic E-state index is 12.6. The van der Waals surface area contributed by atoms with E-state index in [4.69, 9.17) is 0 Å². The molecule has 8 nitrogen and oxygen atoms in total. The van der Waals surface area contributed by atoms with E-state index in [0.717, 1.165) is 28.5 Å². The molecule has 0 spiro atoms. The smallest absolute Gasteiger partial charge is 0.243 e. The van der Waals surface area contributed by atoms with E-state index in [1.807, 2.05) is 25.4 Å². The van der Waals surface area contributed by atoms with Crippen LogP contribution in [0.4, 0.5) is 0 Å². The zero-order valence-corrected chi connectivity index (χ0v) is 15.3. The van der Waals surface area contributed by atoms with Gasteiger partial charge in [-0.1, -0.05) is 12.1 Å². The molecule has 0 bridgehead atoms. The first kappa shape index (κ1) is 16.8. The second-order valence-electron chi connectivity index (χ2n) is 5.67. The summed E-state index contributed by atoms with van der Waals surface area (Å²) in [4.78, 5) is 4.50. The number of hydrogen-bond acceptors (Lipinski definition) is 7.